The maximum absolute atomic E-state index is 12.4. The Kier molecular flexibility index (Phi) is 10.1. The van der Waals surface area contributed by atoms with E-state index in [1.807, 2.05) is 31.2 Å². The Hall–Kier alpha value is -4.47. The van der Waals surface area contributed by atoms with Gasteiger partial charge in [0.1, 0.15) is 12.4 Å². The van der Waals surface area contributed by atoms with Crippen LogP contribution in [-0.4, -0.2) is 58.2 Å². The van der Waals surface area contributed by atoms with Gasteiger partial charge < -0.3 is 26.8 Å². The molecule has 15 heteroatoms. The van der Waals surface area contributed by atoms with Gasteiger partial charge in [-0.3, -0.25) is 0 Å². The van der Waals surface area contributed by atoms with Crippen molar-refractivity contribution in [1.82, 2.24) is 0 Å². The molecule has 0 heterocycles. The van der Waals surface area contributed by atoms with Crippen LogP contribution in [0.5, 0.6) is 34.5 Å². The molecule has 0 atom stereocenters. The molecular formula is C31H32O12S3. The molecule has 4 aromatic rings. The second kappa shape index (κ2) is 13.5. The minimum Gasteiger partial charge on any atom is -0.492 e. The van der Waals surface area contributed by atoms with E-state index in [9.17, 15) is 25.3 Å². The fourth-order valence-electron chi connectivity index (χ4n) is 4.45. The zero-order chi connectivity index (χ0) is 33.9. The van der Waals surface area contributed by atoms with Crippen LogP contribution in [0.3, 0.4) is 0 Å². The summed E-state index contributed by atoms with van der Waals surface area (Å²) in [4.78, 5) is 0. The lowest BCUT2D eigenvalue weighted by atomic mass is 9.96. The molecule has 0 saturated carbocycles. The van der Waals surface area contributed by atoms with Crippen LogP contribution in [0.4, 0.5) is 0 Å². The first-order chi connectivity index (χ1) is 21.5. The number of rotatable bonds is 13. The summed E-state index contributed by atoms with van der Waals surface area (Å²) in [6.45, 7) is 2.06. The number of hydrogen-bond donors (Lipinski definition) is 0. The number of hydrogen-bond acceptors (Lipinski definition) is 12. The van der Waals surface area contributed by atoms with Crippen molar-refractivity contribution in [2.75, 3.05) is 33.0 Å². The normalized spacial score (nSPS) is 11.9. The highest BCUT2D eigenvalue weighted by Crippen LogP contribution is 2.51. The molecule has 0 aliphatic carbocycles. The summed E-state index contributed by atoms with van der Waals surface area (Å²) in [6, 6.07) is 19.3. The molecule has 0 radical (unpaired) electrons. The molecule has 0 spiro atoms. The first kappa shape index (κ1) is 34.4. The summed E-state index contributed by atoms with van der Waals surface area (Å²) in [6.07, 6.45) is 2.66. The van der Waals surface area contributed by atoms with Crippen LogP contribution in [0, 0.1) is 6.92 Å². The summed E-state index contributed by atoms with van der Waals surface area (Å²) < 4.78 is 105. The van der Waals surface area contributed by atoms with Crippen LogP contribution < -0.4 is 26.8 Å². The first-order valence-electron chi connectivity index (χ1n) is 13.4. The molecule has 246 valence electrons. The molecule has 46 heavy (non-hydrogen) atoms. The first-order valence-corrected chi connectivity index (χ1v) is 18.8. The molecular weight excluding hydrogens is 661 g/mol. The summed E-state index contributed by atoms with van der Waals surface area (Å²) in [7, 11) is -9.18. The molecule has 0 amide bonds. The lowest BCUT2D eigenvalue weighted by Crippen LogP contribution is -2.09. The number of ether oxygens (including phenoxy) is 3. The van der Waals surface area contributed by atoms with Crippen LogP contribution >= 0.6 is 0 Å². The monoisotopic (exact) mass is 692 g/mol. The molecule has 12 nitrogen and oxygen atoms in total. The Morgan fingerprint density at radius 2 is 1.11 bits per heavy atom. The minimum absolute atomic E-state index is 0.0498. The van der Waals surface area contributed by atoms with Gasteiger partial charge in [-0.2, -0.15) is 25.3 Å². The smallest absolute Gasteiger partial charge is 0.306 e. The highest BCUT2D eigenvalue weighted by Gasteiger charge is 2.27. The Bertz CT molecular complexity index is 2050. The Labute approximate surface area is 268 Å². The molecule has 0 aliphatic rings. The average Bonchev–Trinajstić information content (AvgIpc) is 2.94. The maximum Gasteiger partial charge on any atom is 0.306 e. The van der Waals surface area contributed by atoms with E-state index < -0.39 is 30.4 Å². The molecule has 0 fully saturated rings. The third-order valence-corrected chi connectivity index (χ3v) is 7.71. The zero-order valence-corrected chi connectivity index (χ0v) is 28.2. The second-order valence-electron chi connectivity index (χ2n) is 10.2. The highest BCUT2D eigenvalue weighted by atomic mass is 32.2. The molecule has 0 aromatic heterocycles. The molecule has 4 rings (SSSR count). The van der Waals surface area contributed by atoms with Gasteiger partial charge in [-0.05, 0) is 53.9 Å². The molecule has 0 aliphatic heterocycles. The summed E-state index contributed by atoms with van der Waals surface area (Å²) in [5, 5.41) is 0. The standard InChI is InChI=1S/C31H32O12S3/c1-20-7-9-21(10-8-20)19-40-26-16-13-23(17-27(26)42-45(5,34)35)29-28(43-46(6,36)37)18-25(30(38-2)31(29)39-3)22-11-14-24(15-12-22)41-44(4,32)33/h7-18H,19H2,1-6H3. The van der Waals surface area contributed by atoms with E-state index in [-0.39, 0.29) is 52.2 Å². The van der Waals surface area contributed by atoms with Crippen molar-refractivity contribution in [1.29, 1.82) is 0 Å². The quantitative estimate of drug-likeness (QED) is 0.174. The van der Waals surface area contributed by atoms with Crippen LogP contribution in [0.1, 0.15) is 11.1 Å². The van der Waals surface area contributed by atoms with Crippen molar-refractivity contribution < 1.29 is 52.0 Å². The SMILES string of the molecule is COc1c(-c2ccc(OS(C)(=O)=O)cc2)cc(OS(C)(=O)=O)c(-c2ccc(OCc3ccc(C)cc3)c(OS(C)(=O)=O)c2)c1OC. The Morgan fingerprint density at radius 3 is 1.65 bits per heavy atom. The van der Waals surface area contributed by atoms with Crippen LogP contribution in [-0.2, 0) is 37.0 Å². The van der Waals surface area contributed by atoms with E-state index in [4.69, 9.17) is 26.8 Å². The van der Waals surface area contributed by atoms with Gasteiger partial charge >= 0.3 is 30.4 Å². The van der Waals surface area contributed by atoms with Gasteiger partial charge in [0.2, 0.25) is 0 Å². The predicted molar refractivity (Wildman–Crippen MR) is 172 cm³/mol. The number of aryl methyl sites for hydroxylation is 1. The van der Waals surface area contributed by atoms with E-state index in [0.717, 1.165) is 29.9 Å². The van der Waals surface area contributed by atoms with Crippen molar-refractivity contribution in [3.8, 4) is 56.8 Å². The van der Waals surface area contributed by atoms with Gasteiger partial charge in [0.15, 0.2) is 28.7 Å². The maximum atomic E-state index is 12.4. The van der Waals surface area contributed by atoms with E-state index in [0.29, 0.717) is 11.1 Å². The van der Waals surface area contributed by atoms with Gasteiger partial charge in [-0.25, -0.2) is 0 Å². The van der Waals surface area contributed by atoms with E-state index in [2.05, 4.69) is 0 Å². The van der Waals surface area contributed by atoms with Crippen molar-refractivity contribution in [3.05, 3.63) is 83.9 Å². The summed E-state index contributed by atoms with van der Waals surface area (Å²) in [5.74, 6) is 0.0483. The van der Waals surface area contributed by atoms with Crippen LogP contribution in [0.25, 0.3) is 22.3 Å². The number of methoxy groups -OCH3 is 2. The fourth-order valence-corrected chi connectivity index (χ4v) is 5.83. The predicted octanol–water partition coefficient (Wildman–Crippen LogP) is 4.94. The van der Waals surface area contributed by atoms with Crippen molar-refractivity contribution in [3.63, 3.8) is 0 Å². The van der Waals surface area contributed by atoms with E-state index in [1.54, 1.807) is 18.2 Å². The van der Waals surface area contributed by atoms with Crippen molar-refractivity contribution in [2.45, 2.75) is 13.5 Å². The van der Waals surface area contributed by atoms with E-state index >= 15 is 0 Å². The fraction of sp³-hybridized carbons (Fsp3) is 0.226. The third kappa shape index (κ3) is 9.05. The largest absolute Gasteiger partial charge is 0.492 e. The Balaban J connectivity index is 1.89. The second-order valence-corrected chi connectivity index (χ2v) is 14.9. The van der Waals surface area contributed by atoms with Gasteiger partial charge in [-0.1, -0.05) is 48.0 Å². The molecule has 0 bridgehead atoms. The van der Waals surface area contributed by atoms with Crippen LogP contribution in [0.15, 0.2) is 72.8 Å². The topological polar surface area (TPSA) is 158 Å². The Morgan fingerprint density at radius 1 is 0.565 bits per heavy atom. The minimum atomic E-state index is -4.10. The van der Waals surface area contributed by atoms with Gasteiger partial charge in [0.25, 0.3) is 0 Å². The molecule has 0 N–H and O–H groups in total. The average molecular weight is 693 g/mol. The molecule has 0 saturated heterocycles. The third-order valence-electron chi connectivity index (χ3n) is 6.25. The highest BCUT2D eigenvalue weighted by molar-refractivity contribution is 7.86. The van der Waals surface area contributed by atoms with Gasteiger partial charge in [0, 0.05) is 5.56 Å². The molecule has 4 aromatic carbocycles. The summed E-state index contributed by atoms with van der Waals surface area (Å²) >= 11 is 0. The van der Waals surface area contributed by atoms with Crippen molar-refractivity contribution in [2.24, 2.45) is 0 Å². The lowest BCUT2D eigenvalue weighted by Gasteiger charge is -2.21. The lowest BCUT2D eigenvalue weighted by molar-refractivity contribution is 0.296. The van der Waals surface area contributed by atoms with Gasteiger partial charge in [-0.15, -0.1) is 0 Å². The van der Waals surface area contributed by atoms with Crippen molar-refractivity contribution >= 4 is 30.4 Å². The van der Waals surface area contributed by atoms with Crippen LogP contribution in [0.2, 0.25) is 0 Å². The van der Waals surface area contributed by atoms with E-state index in [1.165, 1.54) is 44.6 Å². The van der Waals surface area contributed by atoms with Gasteiger partial charge in [0.05, 0.1) is 38.6 Å². The number of benzene rings is 4. The molecule has 0 unspecified atom stereocenters. The summed E-state index contributed by atoms with van der Waals surface area (Å²) in [5.41, 5.74) is 3.06. The zero-order valence-electron chi connectivity index (χ0n) is 25.8.